The molecule has 0 radical (unpaired) electrons. The molecule has 0 saturated carbocycles. The summed E-state index contributed by atoms with van der Waals surface area (Å²) in [6.07, 6.45) is 3.78. The fraction of sp³-hybridized carbons (Fsp3) is 0.308. The van der Waals surface area contributed by atoms with Crippen LogP contribution in [0.15, 0.2) is 36.7 Å². The summed E-state index contributed by atoms with van der Waals surface area (Å²) >= 11 is 5.84. The molecule has 1 heterocycles. The summed E-state index contributed by atoms with van der Waals surface area (Å²) in [5, 5.41) is 8.30. The molecular formula is C13H16ClN3O. The Morgan fingerprint density at radius 3 is 2.83 bits per heavy atom. The van der Waals surface area contributed by atoms with Crippen molar-refractivity contribution in [3.8, 4) is 0 Å². The zero-order valence-corrected chi connectivity index (χ0v) is 11.0. The van der Waals surface area contributed by atoms with E-state index in [-0.39, 0.29) is 0 Å². The monoisotopic (exact) mass is 265 g/mol. The number of benzene rings is 1. The maximum absolute atomic E-state index is 5.84. The van der Waals surface area contributed by atoms with E-state index >= 15 is 0 Å². The third kappa shape index (κ3) is 3.75. The smallest absolute Gasteiger partial charge is 0.0729 e. The van der Waals surface area contributed by atoms with Crippen molar-refractivity contribution in [2.75, 3.05) is 19.0 Å². The van der Waals surface area contributed by atoms with Crippen molar-refractivity contribution in [2.24, 2.45) is 0 Å². The average molecular weight is 266 g/mol. The van der Waals surface area contributed by atoms with Crippen LogP contribution in [0.25, 0.3) is 0 Å². The van der Waals surface area contributed by atoms with Gasteiger partial charge in [0.15, 0.2) is 0 Å². The zero-order valence-electron chi connectivity index (χ0n) is 10.3. The first-order valence-corrected chi connectivity index (χ1v) is 6.15. The standard InChI is InChI=1S/C13H16ClN3O/c1-18-7-6-17-10-13(9-16-17)15-8-11-2-4-12(14)5-3-11/h2-5,9-10,15H,6-8H2,1H3. The van der Waals surface area contributed by atoms with Crippen molar-refractivity contribution < 1.29 is 4.74 Å². The van der Waals surface area contributed by atoms with Gasteiger partial charge in [0, 0.05) is 24.9 Å². The fourth-order valence-electron chi connectivity index (χ4n) is 1.57. The van der Waals surface area contributed by atoms with Gasteiger partial charge in [-0.2, -0.15) is 5.10 Å². The average Bonchev–Trinajstić information content (AvgIpc) is 2.84. The SMILES string of the molecule is COCCn1cc(NCc2ccc(Cl)cc2)cn1. The number of ether oxygens (including phenoxy) is 1. The van der Waals surface area contributed by atoms with Gasteiger partial charge < -0.3 is 10.1 Å². The molecule has 4 nitrogen and oxygen atoms in total. The summed E-state index contributed by atoms with van der Waals surface area (Å²) in [6.45, 7) is 2.19. The van der Waals surface area contributed by atoms with Crippen LogP contribution in [0.4, 0.5) is 5.69 Å². The normalized spacial score (nSPS) is 10.6. The minimum atomic E-state index is 0.665. The molecule has 0 aliphatic carbocycles. The minimum absolute atomic E-state index is 0.665. The molecule has 2 aromatic rings. The van der Waals surface area contributed by atoms with Gasteiger partial charge in [-0.25, -0.2) is 0 Å². The van der Waals surface area contributed by atoms with E-state index in [0.717, 1.165) is 23.8 Å². The first-order chi connectivity index (χ1) is 8.78. The highest BCUT2D eigenvalue weighted by atomic mass is 35.5. The lowest BCUT2D eigenvalue weighted by molar-refractivity contribution is 0.183. The number of hydrogen-bond acceptors (Lipinski definition) is 3. The van der Waals surface area contributed by atoms with Crippen molar-refractivity contribution in [1.82, 2.24) is 9.78 Å². The Kier molecular flexibility index (Phi) is 4.61. The van der Waals surface area contributed by atoms with Gasteiger partial charge in [0.2, 0.25) is 0 Å². The molecule has 0 saturated heterocycles. The van der Waals surface area contributed by atoms with Crippen LogP contribution in [0.1, 0.15) is 5.56 Å². The van der Waals surface area contributed by atoms with Gasteiger partial charge >= 0.3 is 0 Å². The Hall–Kier alpha value is -1.52. The molecule has 0 bridgehead atoms. The van der Waals surface area contributed by atoms with Crippen molar-refractivity contribution in [2.45, 2.75) is 13.1 Å². The maximum atomic E-state index is 5.84. The molecular weight excluding hydrogens is 250 g/mol. The van der Waals surface area contributed by atoms with Gasteiger partial charge in [-0.05, 0) is 17.7 Å². The lowest BCUT2D eigenvalue weighted by Gasteiger charge is -2.03. The zero-order chi connectivity index (χ0) is 12.8. The van der Waals surface area contributed by atoms with Crippen LogP contribution < -0.4 is 5.32 Å². The molecule has 2 rings (SSSR count). The number of nitrogens with zero attached hydrogens (tertiary/aromatic N) is 2. The number of methoxy groups -OCH3 is 1. The molecule has 0 aliphatic heterocycles. The van der Waals surface area contributed by atoms with E-state index in [2.05, 4.69) is 10.4 Å². The van der Waals surface area contributed by atoms with Crippen LogP contribution in [0.5, 0.6) is 0 Å². The maximum Gasteiger partial charge on any atom is 0.0729 e. The van der Waals surface area contributed by atoms with E-state index in [1.807, 2.05) is 41.3 Å². The first kappa shape index (κ1) is 12.9. The number of halogens is 1. The van der Waals surface area contributed by atoms with Crippen LogP contribution in [0, 0.1) is 0 Å². The van der Waals surface area contributed by atoms with Crippen molar-refractivity contribution in [3.63, 3.8) is 0 Å². The van der Waals surface area contributed by atoms with Crippen LogP contribution in [-0.2, 0) is 17.8 Å². The highest BCUT2D eigenvalue weighted by Crippen LogP contribution is 2.12. The summed E-state index contributed by atoms with van der Waals surface area (Å²) in [5.41, 5.74) is 2.19. The highest BCUT2D eigenvalue weighted by molar-refractivity contribution is 6.30. The summed E-state index contributed by atoms with van der Waals surface area (Å²) in [6, 6.07) is 7.79. The number of rotatable bonds is 6. The van der Waals surface area contributed by atoms with E-state index in [9.17, 15) is 0 Å². The second kappa shape index (κ2) is 6.42. The van der Waals surface area contributed by atoms with Gasteiger partial charge in [0.25, 0.3) is 0 Å². The van der Waals surface area contributed by atoms with Crippen LogP contribution in [0.2, 0.25) is 5.02 Å². The molecule has 5 heteroatoms. The third-order valence-corrected chi connectivity index (χ3v) is 2.82. The van der Waals surface area contributed by atoms with Gasteiger partial charge in [0.05, 0.1) is 25.0 Å². The van der Waals surface area contributed by atoms with E-state index in [4.69, 9.17) is 16.3 Å². The highest BCUT2D eigenvalue weighted by Gasteiger charge is 1.98. The molecule has 0 fully saturated rings. The molecule has 96 valence electrons. The number of nitrogens with one attached hydrogen (secondary N) is 1. The van der Waals surface area contributed by atoms with Crippen LogP contribution in [0.3, 0.4) is 0 Å². The van der Waals surface area contributed by atoms with E-state index in [1.54, 1.807) is 7.11 Å². The van der Waals surface area contributed by atoms with Crippen LogP contribution in [-0.4, -0.2) is 23.5 Å². The molecule has 0 unspecified atom stereocenters. The third-order valence-electron chi connectivity index (χ3n) is 2.57. The lowest BCUT2D eigenvalue weighted by atomic mass is 10.2. The van der Waals surface area contributed by atoms with Gasteiger partial charge in [0.1, 0.15) is 0 Å². The van der Waals surface area contributed by atoms with Gasteiger partial charge in [-0.1, -0.05) is 23.7 Å². The molecule has 18 heavy (non-hydrogen) atoms. The molecule has 0 spiro atoms. The minimum Gasteiger partial charge on any atom is -0.383 e. The molecule has 1 N–H and O–H groups in total. The lowest BCUT2D eigenvalue weighted by Crippen LogP contribution is -2.04. The molecule has 0 atom stereocenters. The van der Waals surface area contributed by atoms with Gasteiger partial charge in [-0.3, -0.25) is 4.68 Å². The Bertz CT molecular complexity index is 481. The Morgan fingerprint density at radius 2 is 2.11 bits per heavy atom. The molecule has 1 aromatic heterocycles. The largest absolute Gasteiger partial charge is 0.383 e. The summed E-state index contributed by atoms with van der Waals surface area (Å²) < 4.78 is 6.86. The summed E-state index contributed by atoms with van der Waals surface area (Å²) in [5.74, 6) is 0. The first-order valence-electron chi connectivity index (χ1n) is 5.77. The quantitative estimate of drug-likeness (QED) is 0.873. The number of aromatic nitrogens is 2. The molecule has 0 amide bonds. The molecule has 0 aliphatic rings. The predicted molar refractivity (Wildman–Crippen MR) is 72.9 cm³/mol. The Morgan fingerprint density at radius 1 is 1.33 bits per heavy atom. The van der Waals surface area contributed by atoms with Crippen molar-refractivity contribution >= 4 is 17.3 Å². The van der Waals surface area contributed by atoms with Crippen LogP contribution >= 0.6 is 11.6 Å². The van der Waals surface area contributed by atoms with Crippen molar-refractivity contribution in [1.29, 1.82) is 0 Å². The fourth-order valence-corrected chi connectivity index (χ4v) is 1.69. The molecule has 1 aromatic carbocycles. The second-order valence-corrected chi connectivity index (χ2v) is 4.40. The summed E-state index contributed by atoms with van der Waals surface area (Å²) in [7, 11) is 1.68. The van der Waals surface area contributed by atoms with E-state index in [0.29, 0.717) is 6.61 Å². The Balaban J connectivity index is 1.86. The predicted octanol–water partition coefficient (Wildman–Crippen LogP) is 2.80. The Labute approximate surface area is 112 Å². The number of anilines is 1. The topological polar surface area (TPSA) is 39.1 Å². The second-order valence-electron chi connectivity index (χ2n) is 3.96. The summed E-state index contributed by atoms with van der Waals surface area (Å²) in [4.78, 5) is 0. The number of hydrogen-bond donors (Lipinski definition) is 1. The van der Waals surface area contributed by atoms with Crippen molar-refractivity contribution in [3.05, 3.63) is 47.2 Å². The van der Waals surface area contributed by atoms with E-state index in [1.165, 1.54) is 5.56 Å². The van der Waals surface area contributed by atoms with E-state index < -0.39 is 0 Å². The van der Waals surface area contributed by atoms with Gasteiger partial charge in [-0.15, -0.1) is 0 Å².